The topological polar surface area (TPSA) is 50.4 Å². The molecule has 0 aliphatic heterocycles. The number of carbonyl (C=O) groups excluding carboxylic acids is 1. The Morgan fingerprint density at radius 1 is 1.11 bits per heavy atom. The van der Waals surface area contributed by atoms with Crippen LogP contribution in [0.1, 0.15) is 77.1 Å². The molecule has 1 amide bonds. The zero-order chi connectivity index (χ0) is 20.3. The van der Waals surface area contributed by atoms with Crippen molar-refractivity contribution in [2.75, 3.05) is 13.1 Å². The SMILES string of the molecule is CCC(Br)C(CC)Oc1cccc(C(=O)NCCCCCNC(C)(C)C)c1. The summed E-state index contributed by atoms with van der Waals surface area (Å²) in [5, 5.41) is 6.49. The van der Waals surface area contributed by atoms with Crippen molar-refractivity contribution in [3.8, 4) is 5.75 Å². The number of amides is 1. The molecule has 0 spiro atoms. The summed E-state index contributed by atoms with van der Waals surface area (Å²) in [5.41, 5.74) is 0.823. The second kappa shape index (κ2) is 12.4. The molecule has 0 saturated heterocycles. The van der Waals surface area contributed by atoms with E-state index in [0.717, 1.165) is 44.4 Å². The van der Waals surface area contributed by atoms with Gasteiger partial charge in [0.05, 0.1) is 4.83 Å². The van der Waals surface area contributed by atoms with E-state index in [2.05, 4.69) is 61.2 Å². The maximum absolute atomic E-state index is 12.4. The van der Waals surface area contributed by atoms with Gasteiger partial charge in [-0.25, -0.2) is 0 Å². The predicted molar refractivity (Wildman–Crippen MR) is 118 cm³/mol. The lowest BCUT2D eigenvalue weighted by molar-refractivity contribution is 0.0952. The molecule has 154 valence electrons. The smallest absolute Gasteiger partial charge is 0.251 e. The van der Waals surface area contributed by atoms with Gasteiger partial charge in [0, 0.05) is 17.6 Å². The Bertz CT molecular complexity index is 557. The first-order chi connectivity index (χ1) is 12.8. The van der Waals surface area contributed by atoms with Gasteiger partial charge in [0.25, 0.3) is 5.91 Å². The minimum Gasteiger partial charge on any atom is -0.489 e. The minimum absolute atomic E-state index is 0.0350. The first-order valence-corrected chi connectivity index (χ1v) is 11.1. The number of hydrogen-bond acceptors (Lipinski definition) is 3. The highest BCUT2D eigenvalue weighted by atomic mass is 79.9. The lowest BCUT2D eigenvalue weighted by atomic mass is 10.1. The highest BCUT2D eigenvalue weighted by Crippen LogP contribution is 2.21. The monoisotopic (exact) mass is 440 g/mol. The van der Waals surface area contributed by atoms with Gasteiger partial charge in [-0.3, -0.25) is 4.79 Å². The normalized spacial score (nSPS) is 13.9. The van der Waals surface area contributed by atoms with E-state index >= 15 is 0 Å². The van der Waals surface area contributed by atoms with Crippen molar-refractivity contribution in [3.05, 3.63) is 29.8 Å². The average Bonchev–Trinajstić information content (AvgIpc) is 2.63. The quantitative estimate of drug-likeness (QED) is 0.342. The summed E-state index contributed by atoms with van der Waals surface area (Å²) >= 11 is 3.67. The first-order valence-electron chi connectivity index (χ1n) is 10.2. The van der Waals surface area contributed by atoms with Crippen LogP contribution in [0.4, 0.5) is 0 Å². The van der Waals surface area contributed by atoms with Gasteiger partial charge in [-0.15, -0.1) is 0 Å². The molecule has 1 aromatic carbocycles. The summed E-state index contributed by atoms with van der Waals surface area (Å²) in [6, 6.07) is 7.46. The molecule has 0 saturated carbocycles. The average molecular weight is 441 g/mol. The number of benzene rings is 1. The molecule has 0 radical (unpaired) electrons. The fraction of sp³-hybridized carbons (Fsp3) is 0.682. The molecule has 2 N–H and O–H groups in total. The Labute approximate surface area is 174 Å². The molecule has 0 heterocycles. The Balaban J connectivity index is 2.39. The van der Waals surface area contributed by atoms with E-state index in [1.54, 1.807) is 0 Å². The van der Waals surface area contributed by atoms with E-state index in [-0.39, 0.29) is 17.6 Å². The summed E-state index contributed by atoms with van der Waals surface area (Å²) in [6.45, 7) is 12.5. The molecule has 1 aromatic rings. The molecule has 5 heteroatoms. The van der Waals surface area contributed by atoms with Crippen molar-refractivity contribution in [2.45, 2.75) is 83.2 Å². The number of hydrogen-bond donors (Lipinski definition) is 2. The largest absolute Gasteiger partial charge is 0.489 e. The van der Waals surface area contributed by atoms with Crippen LogP contribution in [0.5, 0.6) is 5.75 Å². The number of ether oxygens (including phenoxy) is 1. The molecule has 0 aliphatic carbocycles. The molecule has 2 unspecified atom stereocenters. The number of unbranched alkanes of at least 4 members (excludes halogenated alkanes) is 2. The van der Waals surface area contributed by atoms with Crippen LogP contribution in [0.2, 0.25) is 0 Å². The molecular formula is C22H37BrN2O2. The van der Waals surface area contributed by atoms with Gasteiger partial charge in [0.2, 0.25) is 0 Å². The van der Waals surface area contributed by atoms with Gasteiger partial charge < -0.3 is 15.4 Å². The van der Waals surface area contributed by atoms with Gasteiger partial charge in [0.15, 0.2) is 0 Å². The standard InChI is InChI=1S/C22H37BrN2O2/c1-6-19(23)20(7-2)27-18-13-11-12-17(16-18)21(26)24-14-9-8-10-15-25-22(3,4)5/h11-13,16,19-20,25H,6-10,14-15H2,1-5H3,(H,24,26). The number of nitrogens with one attached hydrogen (secondary N) is 2. The molecule has 4 nitrogen and oxygen atoms in total. The summed E-state index contributed by atoms with van der Waals surface area (Å²) in [6.07, 6.45) is 5.26. The van der Waals surface area contributed by atoms with E-state index in [1.807, 2.05) is 24.3 Å². The Morgan fingerprint density at radius 2 is 1.81 bits per heavy atom. The lowest BCUT2D eigenvalue weighted by Gasteiger charge is -2.22. The zero-order valence-electron chi connectivity index (χ0n) is 17.6. The third-order valence-corrected chi connectivity index (χ3v) is 5.61. The third kappa shape index (κ3) is 10.2. The van der Waals surface area contributed by atoms with Crippen molar-refractivity contribution >= 4 is 21.8 Å². The summed E-state index contributed by atoms with van der Waals surface area (Å²) in [4.78, 5) is 12.7. The molecule has 0 bridgehead atoms. The highest BCUT2D eigenvalue weighted by molar-refractivity contribution is 9.09. The first kappa shape index (κ1) is 24.0. The molecule has 2 atom stereocenters. The van der Waals surface area contributed by atoms with E-state index in [1.165, 1.54) is 0 Å². The van der Waals surface area contributed by atoms with Crippen LogP contribution in [0.25, 0.3) is 0 Å². The minimum atomic E-state index is -0.0350. The second-order valence-electron chi connectivity index (χ2n) is 8.01. The van der Waals surface area contributed by atoms with Crippen LogP contribution < -0.4 is 15.4 Å². The number of alkyl halides is 1. The van der Waals surface area contributed by atoms with Crippen LogP contribution in [-0.4, -0.2) is 35.5 Å². The molecule has 27 heavy (non-hydrogen) atoms. The van der Waals surface area contributed by atoms with Crippen molar-refractivity contribution in [1.82, 2.24) is 10.6 Å². The molecule has 1 rings (SSSR count). The van der Waals surface area contributed by atoms with Gasteiger partial charge >= 0.3 is 0 Å². The van der Waals surface area contributed by atoms with E-state index in [4.69, 9.17) is 4.74 Å². The fourth-order valence-electron chi connectivity index (χ4n) is 2.76. The third-order valence-electron chi connectivity index (χ3n) is 4.37. The van der Waals surface area contributed by atoms with Gasteiger partial charge in [0.1, 0.15) is 11.9 Å². The highest BCUT2D eigenvalue weighted by Gasteiger charge is 2.17. The van der Waals surface area contributed by atoms with E-state index in [0.29, 0.717) is 16.9 Å². The maximum atomic E-state index is 12.4. The fourth-order valence-corrected chi connectivity index (χ4v) is 3.24. The van der Waals surface area contributed by atoms with Crippen molar-refractivity contribution < 1.29 is 9.53 Å². The number of halogens is 1. The van der Waals surface area contributed by atoms with Crippen molar-refractivity contribution in [3.63, 3.8) is 0 Å². The zero-order valence-corrected chi connectivity index (χ0v) is 19.2. The van der Waals surface area contributed by atoms with Crippen LogP contribution in [0.15, 0.2) is 24.3 Å². The van der Waals surface area contributed by atoms with Gasteiger partial charge in [-0.1, -0.05) is 42.3 Å². The van der Waals surface area contributed by atoms with Crippen LogP contribution >= 0.6 is 15.9 Å². The number of rotatable bonds is 12. The van der Waals surface area contributed by atoms with Gasteiger partial charge in [-0.05, 0) is 71.2 Å². The van der Waals surface area contributed by atoms with Crippen LogP contribution in [-0.2, 0) is 0 Å². The molecule has 0 aromatic heterocycles. The Kier molecular flexibility index (Phi) is 11.0. The van der Waals surface area contributed by atoms with Crippen molar-refractivity contribution in [1.29, 1.82) is 0 Å². The lowest BCUT2D eigenvalue weighted by Crippen LogP contribution is -2.36. The maximum Gasteiger partial charge on any atom is 0.251 e. The molecule has 0 fully saturated rings. The van der Waals surface area contributed by atoms with Crippen LogP contribution in [0.3, 0.4) is 0 Å². The van der Waals surface area contributed by atoms with Crippen LogP contribution in [0, 0.1) is 0 Å². The summed E-state index contributed by atoms with van der Waals surface area (Å²) < 4.78 is 6.07. The van der Waals surface area contributed by atoms with E-state index in [9.17, 15) is 4.79 Å². The van der Waals surface area contributed by atoms with E-state index < -0.39 is 0 Å². The summed E-state index contributed by atoms with van der Waals surface area (Å²) in [5.74, 6) is 0.716. The molecule has 0 aliphatic rings. The van der Waals surface area contributed by atoms with Crippen molar-refractivity contribution in [2.24, 2.45) is 0 Å². The van der Waals surface area contributed by atoms with Gasteiger partial charge in [-0.2, -0.15) is 0 Å². The Morgan fingerprint density at radius 3 is 2.44 bits per heavy atom. The Hall–Kier alpha value is -1.07. The molecular weight excluding hydrogens is 404 g/mol. The number of carbonyl (C=O) groups is 1. The second-order valence-corrected chi connectivity index (χ2v) is 9.19. The summed E-state index contributed by atoms with van der Waals surface area (Å²) in [7, 11) is 0. The predicted octanol–water partition coefficient (Wildman–Crippen LogP) is 5.31.